The third-order valence-electron chi connectivity index (χ3n) is 4.05. The van der Waals surface area contributed by atoms with Gasteiger partial charge in [-0.2, -0.15) is 13.2 Å². The Labute approximate surface area is 130 Å². The summed E-state index contributed by atoms with van der Waals surface area (Å²) in [6.45, 7) is 2.03. The summed E-state index contributed by atoms with van der Waals surface area (Å²) in [4.78, 5) is 22.9. The molecule has 23 heavy (non-hydrogen) atoms. The molecule has 2 N–H and O–H groups in total. The first-order valence-electron chi connectivity index (χ1n) is 7.16. The first kappa shape index (κ1) is 15.9. The third-order valence-corrected chi connectivity index (χ3v) is 4.05. The van der Waals surface area contributed by atoms with E-state index in [1.807, 2.05) is 0 Å². The molecule has 1 aromatic rings. The van der Waals surface area contributed by atoms with Gasteiger partial charge in [0.15, 0.2) is 5.60 Å². The molecule has 0 radical (unpaired) electrons. The van der Waals surface area contributed by atoms with Crippen LogP contribution in [0, 0.1) is 0 Å². The second kappa shape index (κ2) is 5.60. The maximum Gasteiger partial charge on any atom is 0.419 e. The molecule has 2 saturated heterocycles. The molecule has 3 heterocycles. The van der Waals surface area contributed by atoms with Crippen molar-refractivity contribution in [3.8, 4) is 0 Å². The molecule has 0 aromatic carbocycles. The molecule has 0 atom stereocenters. The van der Waals surface area contributed by atoms with E-state index in [9.17, 15) is 23.1 Å². The molecule has 0 bridgehead atoms. The number of alkyl halides is 3. The summed E-state index contributed by atoms with van der Waals surface area (Å²) in [5.41, 5.74) is -2.22. The molecule has 2 fully saturated rings. The van der Waals surface area contributed by atoms with E-state index in [-0.39, 0.29) is 24.9 Å². The van der Waals surface area contributed by atoms with E-state index in [2.05, 4.69) is 15.3 Å². The van der Waals surface area contributed by atoms with Crippen molar-refractivity contribution in [1.29, 1.82) is 0 Å². The van der Waals surface area contributed by atoms with Gasteiger partial charge in [0.1, 0.15) is 0 Å². The number of aromatic nitrogens is 2. The lowest BCUT2D eigenvalue weighted by Crippen LogP contribution is -2.69. The molecule has 2 aliphatic heterocycles. The number of carbonyl (C=O) groups is 1. The molecule has 2 aliphatic rings. The number of aliphatic hydroxyl groups is 1. The van der Waals surface area contributed by atoms with Crippen LogP contribution in [0.5, 0.6) is 0 Å². The molecule has 0 spiro atoms. The predicted molar refractivity (Wildman–Crippen MR) is 73.6 cm³/mol. The molecule has 0 aliphatic carbocycles. The number of hydrogen-bond acceptors (Lipinski definition) is 6. The van der Waals surface area contributed by atoms with Gasteiger partial charge in [-0.3, -0.25) is 4.79 Å². The average molecular weight is 331 g/mol. The summed E-state index contributed by atoms with van der Waals surface area (Å²) in [5.74, 6) is -0.113. The number of β-amino-alcohol motifs (C(OH)–C–C–N with tert-alkyl or cyclic N) is 1. The van der Waals surface area contributed by atoms with Crippen molar-refractivity contribution in [3.05, 3.63) is 18.0 Å². The zero-order valence-electron chi connectivity index (χ0n) is 12.2. The standard InChI is InChI=1S/C13H16F3N5O2/c14-13(15,16)9-5-18-11(19-6-9)21-3-1-20(2-4-21)10(22)12(23)7-17-8-12/h5-6,17,23H,1-4,7-8H2. The molecular formula is C13H16F3N5O2. The Hall–Kier alpha value is -1.94. The van der Waals surface area contributed by atoms with Crippen molar-refractivity contribution >= 4 is 11.9 Å². The maximum atomic E-state index is 12.5. The van der Waals surface area contributed by atoms with E-state index in [1.54, 1.807) is 9.80 Å². The minimum absolute atomic E-state index is 0.203. The van der Waals surface area contributed by atoms with E-state index < -0.39 is 17.3 Å². The van der Waals surface area contributed by atoms with Gasteiger partial charge in [-0.05, 0) is 0 Å². The molecule has 1 amide bonds. The Kier molecular flexibility index (Phi) is 3.88. The van der Waals surface area contributed by atoms with Crippen LogP contribution >= 0.6 is 0 Å². The Morgan fingerprint density at radius 1 is 1.17 bits per heavy atom. The van der Waals surface area contributed by atoms with Crippen LogP contribution < -0.4 is 10.2 Å². The van der Waals surface area contributed by atoms with Gasteiger partial charge < -0.3 is 20.2 Å². The predicted octanol–water partition coefficient (Wildman–Crippen LogP) is -0.522. The lowest BCUT2D eigenvalue weighted by molar-refractivity contribution is -0.156. The topological polar surface area (TPSA) is 81.6 Å². The Morgan fingerprint density at radius 2 is 1.74 bits per heavy atom. The van der Waals surface area contributed by atoms with Gasteiger partial charge in [0.25, 0.3) is 5.91 Å². The highest BCUT2D eigenvalue weighted by Gasteiger charge is 2.45. The van der Waals surface area contributed by atoms with Crippen LogP contribution in [0.25, 0.3) is 0 Å². The molecular weight excluding hydrogens is 315 g/mol. The molecule has 1 aromatic heterocycles. The van der Waals surface area contributed by atoms with Crippen molar-refractivity contribution < 1.29 is 23.1 Å². The number of nitrogens with zero attached hydrogens (tertiary/aromatic N) is 4. The van der Waals surface area contributed by atoms with Crippen molar-refractivity contribution in [3.63, 3.8) is 0 Å². The molecule has 0 saturated carbocycles. The van der Waals surface area contributed by atoms with Crippen LogP contribution in [0.15, 0.2) is 12.4 Å². The maximum absolute atomic E-state index is 12.5. The van der Waals surface area contributed by atoms with E-state index in [4.69, 9.17) is 0 Å². The zero-order valence-corrected chi connectivity index (χ0v) is 12.2. The highest BCUT2D eigenvalue weighted by atomic mass is 19.4. The zero-order chi connectivity index (χ0) is 16.7. The lowest BCUT2D eigenvalue weighted by atomic mass is 9.95. The van der Waals surface area contributed by atoms with Gasteiger partial charge >= 0.3 is 6.18 Å². The summed E-state index contributed by atoms with van der Waals surface area (Å²) in [5, 5.41) is 12.9. The number of hydrogen-bond donors (Lipinski definition) is 2. The number of amides is 1. The fourth-order valence-corrected chi connectivity index (χ4v) is 2.55. The quantitative estimate of drug-likeness (QED) is 0.759. The fraction of sp³-hybridized carbons (Fsp3) is 0.615. The van der Waals surface area contributed by atoms with Crippen molar-refractivity contribution in [1.82, 2.24) is 20.2 Å². The Morgan fingerprint density at radius 3 is 2.17 bits per heavy atom. The highest BCUT2D eigenvalue weighted by molar-refractivity contribution is 5.87. The van der Waals surface area contributed by atoms with Crippen LogP contribution in [-0.2, 0) is 11.0 Å². The SMILES string of the molecule is O=C(N1CCN(c2ncc(C(F)(F)F)cn2)CC1)C1(O)CNC1. The lowest BCUT2D eigenvalue weighted by Gasteiger charge is -2.42. The number of halogens is 3. The summed E-state index contributed by atoms with van der Waals surface area (Å²) >= 11 is 0. The van der Waals surface area contributed by atoms with E-state index >= 15 is 0 Å². The van der Waals surface area contributed by atoms with Crippen molar-refractivity contribution in [2.45, 2.75) is 11.8 Å². The number of carbonyl (C=O) groups excluding carboxylic acids is 1. The van der Waals surface area contributed by atoms with E-state index in [0.29, 0.717) is 26.2 Å². The number of anilines is 1. The van der Waals surface area contributed by atoms with Crippen LogP contribution in [0.1, 0.15) is 5.56 Å². The van der Waals surface area contributed by atoms with Gasteiger partial charge in [-0.25, -0.2) is 9.97 Å². The fourth-order valence-electron chi connectivity index (χ4n) is 2.55. The second-order valence-electron chi connectivity index (χ2n) is 5.68. The van der Waals surface area contributed by atoms with Gasteiger partial charge in [0, 0.05) is 51.7 Å². The van der Waals surface area contributed by atoms with Crippen molar-refractivity contribution in [2.75, 3.05) is 44.2 Å². The van der Waals surface area contributed by atoms with Gasteiger partial charge in [0.2, 0.25) is 5.95 Å². The molecule has 0 unspecified atom stereocenters. The van der Waals surface area contributed by atoms with E-state index in [0.717, 1.165) is 12.4 Å². The smallest absolute Gasteiger partial charge is 0.377 e. The minimum Gasteiger partial charge on any atom is -0.377 e. The minimum atomic E-state index is -4.46. The number of piperazine rings is 1. The number of nitrogens with one attached hydrogen (secondary N) is 1. The molecule has 3 rings (SSSR count). The van der Waals surface area contributed by atoms with Crippen LogP contribution in [0.3, 0.4) is 0 Å². The first-order valence-corrected chi connectivity index (χ1v) is 7.16. The van der Waals surface area contributed by atoms with Gasteiger partial charge in [-0.1, -0.05) is 0 Å². The van der Waals surface area contributed by atoms with E-state index in [1.165, 1.54) is 0 Å². The summed E-state index contributed by atoms with van der Waals surface area (Å²) in [6, 6.07) is 0. The monoisotopic (exact) mass is 331 g/mol. The third kappa shape index (κ3) is 3.08. The van der Waals surface area contributed by atoms with Gasteiger partial charge in [-0.15, -0.1) is 0 Å². The average Bonchev–Trinajstić information content (AvgIpc) is 2.51. The summed E-state index contributed by atoms with van der Waals surface area (Å²) in [6.07, 6.45) is -2.96. The van der Waals surface area contributed by atoms with Crippen LogP contribution in [0.2, 0.25) is 0 Å². The summed E-state index contributed by atoms with van der Waals surface area (Å²) < 4.78 is 37.5. The second-order valence-corrected chi connectivity index (χ2v) is 5.68. The highest BCUT2D eigenvalue weighted by Crippen LogP contribution is 2.28. The van der Waals surface area contributed by atoms with Gasteiger partial charge in [0.05, 0.1) is 5.56 Å². The molecule has 126 valence electrons. The Balaban J connectivity index is 1.59. The largest absolute Gasteiger partial charge is 0.419 e. The summed E-state index contributed by atoms with van der Waals surface area (Å²) in [7, 11) is 0. The molecule has 7 nitrogen and oxygen atoms in total. The molecule has 10 heteroatoms. The first-order chi connectivity index (χ1) is 10.8. The Bertz CT molecular complexity index is 580. The normalized spacial score (nSPS) is 21.0. The van der Waals surface area contributed by atoms with Crippen LogP contribution in [0.4, 0.5) is 19.1 Å². The number of rotatable bonds is 2. The van der Waals surface area contributed by atoms with Crippen molar-refractivity contribution in [2.24, 2.45) is 0 Å². The van der Waals surface area contributed by atoms with Crippen LogP contribution in [-0.4, -0.2) is 70.8 Å².